The van der Waals surface area contributed by atoms with Crippen LogP contribution in [0.3, 0.4) is 0 Å². The minimum atomic E-state index is -0.266. The van der Waals surface area contributed by atoms with E-state index in [1.807, 2.05) is 35.2 Å². The maximum Gasteiger partial charge on any atom is 0.225 e. The summed E-state index contributed by atoms with van der Waals surface area (Å²) in [7, 11) is 1.66. The van der Waals surface area contributed by atoms with Crippen LogP contribution in [0.25, 0.3) is 22.4 Å². The molecule has 2 N–H and O–H groups in total. The highest BCUT2D eigenvalue weighted by atomic mass is 16.5. The Bertz CT molecular complexity index is 1030. The van der Waals surface area contributed by atoms with Gasteiger partial charge < -0.3 is 19.9 Å². The fourth-order valence-corrected chi connectivity index (χ4v) is 4.56. The number of nitrogens with one attached hydrogen (secondary N) is 1. The topological polar surface area (TPSA) is 94.3 Å². The van der Waals surface area contributed by atoms with Gasteiger partial charge in [-0.25, -0.2) is 9.97 Å². The Balaban J connectivity index is 1.56. The molecular formula is C23H29N5O3. The number of aromatic nitrogens is 4. The fraction of sp³-hybridized carbons (Fsp3) is 0.522. The number of rotatable bonds is 5. The molecule has 1 aliphatic heterocycles. The molecule has 1 aliphatic carbocycles. The van der Waals surface area contributed by atoms with Gasteiger partial charge in [-0.3, -0.25) is 4.57 Å². The molecule has 164 valence electrons. The maximum absolute atomic E-state index is 10.1. The quantitative estimate of drug-likeness (QED) is 0.642. The molecule has 8 heteroatoms. The summed E-state index contributed by atoms with van der Waals surface area (Å²) in [5.74, 6) is 1.36. The number of aliphatic hydroxyl groups is 1. The van der Waals surface area contributed by atoms with Gasteiger partial charge in [0.15, 0.2) is 5.65 Å². The minimum absolute atomic E-state index is 0.0540. The first-order valence-corrected chi connectivity index (χ1v) is 11.2. The van der Waals surface area contributed by atoms with Crippen LogP contribution in [0.5, 0.6) is 5.75 Å². The average molecular weight is 424 g/mol. The molecule has 0 radical (unpaired) electrons. The number of benzene rings is 1. The summed E-state index contributed by atoms with van der Waals surface area (Å²) in [6, 6.07) is 7.99. The van der Waals surface area contributed by atoms with Crippen LogP contribution in [0.2, 0.25) is 0 Å². The molecule has 31 heavy (non-hydrogen) atoms. The van der Waals surface area contributed by atoms with Crippen LogP contribution < -0.4 is 10.1 Å². The van der Waals surface area contributed by atoms with E-state index in [0.29, 0.717) is 12.4 Å². The van der Waals surface area contributed by atoms with Gasteiger partial charge in [0.2, 0.25) is 5.95 Å². The molecule has 0 amide bonds. The lowest BCUT2D eigenvalue weighted by Crippen LogP contribution is -2.30. The highest BCUT2D eigenvalue weighted by Gasteiger charge is 2.24. The van der Waals surface area contributed by atoms with E-state index in [1.54, 1.807) is 7.11 Å². The van der Waals surface area contributed by atoms with E-state index in [-0.39, 0.29) is 18.4 Å². The van der Waals surface area contributed by atoms with Crippen LogP contribution >= 0.6 is 0 Å². The molecule has 3 atom stereocenters. The number of anilines is 1. The van der Waals surface area contributed by atoms with Crippen molar-refractivity contribution in [2.45, 2.75) is 63.3 Å². The number of imidazole rings is 1. The fourth-order valence-electron chi connectivity index (χ4n) is 4.56. The zero-order chi connectivity index (χ0) is 21.2. The summed E-state index contributed by atoms with van der Waals surface area (Å²) in [6.07, 6.45) is 8.24. The van der Waals surface area contributed by atoms with Gasteiger partial charge >= 0.3 is 0 Å². The average Bonchev–Trinajstić information content (AvgIpc) is 3.23. The number of aliphatic hydroxyl groups excluding tert-OH is 1. The Hall–Kier alpha value is -2.71. The normalized spacial score (nSPS) is 24.3. The van der Waals surface area contributed by atoms with Crippen LogP contribution in [-0.4, -0.2) is 50.5 Å². The Morgan fingerprint density at radius 2 is 1.97 bits per heavy atom. The van der Waals surface area contributed by atoms with Crippen molar-refractivity contribution < 1.29 is 14.6 Å². The van der Waals surface area contributed by atoms with E-state index >= 15 is 0 Å². The van der Waals surface area contributed by atoms with Crippen molar-refractivity contribution >= 4 is 17.1 Å². The zero-order valence-corrected chi connectivity index (χ0v) is 17.8. The zero-order valence-electron chi connectivity index (χ0n) is 17.8. The molecule has 5 rings (SSSR count). The van der Waals surface area contributed by atoms with Gasteiger partial charge in [-0.2, -0.15) is 4.98 Å². The van der Waals surface area contributed by atoms with Crippen LogP contribution in [0.4, 0.5) is 5.95 Å². The Morgan fingerprint density at radius 3 is 2.71 bits per heavy atom. The highest BCUT2D eigenvalue weighted by Crippen LogP contribution is 2.32. The van der Waals surface area contributed by atoms with Gasteiger partial charge in [-0.1, -0.05) is 0 Å². The van der Waals surface area contributed by atoms with Gasteiger partial charge in [-0.15, -0.1) is 0 Å². The Kier molecular flexibility index (Phi) is 5.74. The van der Waals surface area contributed by atoms with Crippen LogP contribution in [0, 0.1) is 0 Å². The lowest BCUT2D eigenvalue weighted by atomic mass is 9.93. The SMILES string of the molecule is COc1ccc(-c2nc(NC3CCCC(O)C3)nc3c2ncn3[C@@H]2CCCCO2)cc1. The lowest BCUT2D eigenvalue weighted by molar-refractivity contribution is -0.0298. The number of methoxy groups -OCH3 is 1. The van der Waals surface area contributed by atoms with Gasteiger partial charge in [0.05, 0.1) is 19.5 Å². The van der Waals surface area contributed by atoms with E-state index in [4.69, 9.17) is 19.4 Å². The van der Waals surface area contributed by atoms with E-state index < -0.39 is 0 Å². The molecule has 2 unspecified atom stereocenters. The first-order chi connectivity index (χ1) is 15.2. The second-order valence-electron chi connectivity index (χ2n) is 8.43. The molecule has 0 spiro atoms. The molecule has 0 bridgehead atoms. The molecule has 2 fully saturated rings. The number of hydrogen-bond donors (Lipinski definition) is 2. The maximum atomic E-state index is 10.1. The second kappa shape index (κ2) is 8.80. The van der Waals surface area contributed by atoms with E-state index in [9.17, 15) is 5.11 Å². The number of ether oxygens (including phenoxy) is 2. The number of fused-ring (bicyclic) bond motifs is 1. The van der Waals surface area contributed by atoms with Crippen LogP contribution in [-0.2, 0) is 4.74 Å². The van der Waals surface area contributed by atoms with E-state index in [2.05, 4.69) is 10.3 Å². The summed E-state index contributed by atoms with van der Waals surface area (Å²) < 4.78 is 13.3. The Labute approximate surface area is 181 Å². The summed E-state index contributed by atoms with van der Waals surface area (Å²) in [4.78, 5) is 14.4. The highest BCUT2D eigenvalue weighted by molar-refractivity contribution is 5.88. The van der Waals surface area contributed by atoms with Crippen molar-refractivity contribution in [3.63, 3.8) is 0 Å². The van der Waals surface area contributed by atoms with Crippen LogP contribution in [0.1, 0.15) is 51.2 Å². The Morgan fingerprint density at radius 1 is 1.10 bits per heavy atom. The van der Waals surface area contributed by atoms with Crippen molar-refractivity contribution in [1.82, 2.24) is 19.5 Å². The third-order valence-electron chi connectivity index (χ3n) is 6.23. The van der Waals surface area contributed by atoms with Crippen molar-refractivity contribution in [1.29, 1.82) is 0 Å². The predicted octanol–water partition coefficient (Wildman–Crippen LogP) is 3.92. The van der Waals surface area contributed by atoms with Gasteiger partial charge in [-0.05, 0) is 69.2 Å². The molecule has 8 nitrogen and oxygen atoms in total. The smallest absolute Gasteiger partial charge is 0.225 e. The first-order valence-electron chi connectivity index (χ1n) is 11.2. The predicted molar refractivity (Wildman–Crippen MR) is 118 cm³/mol. The summed E-state index contributed by atoms with van der Waals surface area (Å²) in [5.41, 5.74) is 3.26. The summed E-state index contributed by atoms with van der Waals surface area (Å²) >= 11 is 0. The van der Waals surface area contributed by atoms with Gasteiger partial charge in [0, 0.05) is 18.2 Å². The molecule has 2 aromatic heterocycles. The molecule has 1 saturated heterocycles. The molecule has 1 saturated carbocycles. The molecule has 2 aliphatic rings. The number of hydrogen-bond acceptors (Lipinski definition) is 7. The lowest BCUT2D eigenvalue weighted by Gasteiger charge is -2.27. The number of nitrogens with zero attached hydrogens (tertiary/aromatic N) is 4. The molecule has 3 heterocycles. The second-order valence-corrected chi connectivity index (χ2v) is 8.43. The molecule has 3 aromatic rings. The van der Waals surface area contributed by atoms with E-state index in [1.165, 1.54) is 0 Å². The van der Waals surface area contributed by atoms with Crippen molar-refractivity contribution in [3.8, 4) is 17.0 Å². The third kappa shape index (κ3) is 4.22. The minimum Gasteiger partial charge on any atom is -0.497 e. The molecular weight excluding hydrogens is 394 g/mol. The van der Waals surface area contributed by atoms with E-state index in [0.717, 1.165) is 73.3 Å². The van der Waals surface area contributed by atoms with Gasteiger partial charge in [0.25, 0.3) is 0 Å². The van der Waals surface area contributed by atoms with Gasteiger partial charge in [0.1, 0.15) is 23.2 Å². The monoisotopic (exact) mass is 423 g/mol. The molecule has 1 aromatic carbocycles. The van der Waals surface area contributed by atoms with Crippen molar-refractivity contribution in [2.75, 3.05) is 19.0 Å². The largest absolute Gasteiger partial charge is 0.497 e. The summed E-state index contributed by atoms with van der Waals surface area (Å²) in [6.45, 7) is 0.756. The van der Waals surface area contributed by atoms with Crippen molar-refractivity contribution in [3.05, 3.63) is 30.6 Å². The first kappa shape index (κ1) is 20.2. The standard InChI is InChI=1S/C23H29N5O3/c1-30-18-10-8-15(9-11-18)20-21-22(28(14-24-21)19-7-2-3-12-31-19)27-23(26-20)25-16-5-4-6-17(29)13-16/h8-11,14,16-17,19,29H,2-7,12-13H2,1H3,(H,25,26,27)/t16?,17?,19-/m0/s1. The van der Waals surface area contributed by atoms with Crippen LogP contribution in [0.15, 0.2) is 30.6 Å². The summed E-state index contributed by atoms with van der Waals surface area (Å²) in [5, 5.41) is 13.5. The van der Waals surface area contributed by atoms with Crippen molar-refractivity contribution in [2.24, 2.45) is 0 Å². The third-order valence-corrected chi connectivity index (χ3v) is 6.23.